The summed E-state index contributed by atoms with van der Waals surface area (Å²) in [4.78, 5) is 12.1. The van der Waals surface area contributed by atoms with Crippen molar-refractivity contribution in [1.82, 2.24) is 10.6 Å². The van der Waals surface area contributed by atoms with Crippen molar-refractivity contribution in [3.05, 3.63) is 29.8 Å². The van der Waals surface area contributed by atoms with Crippen LogP contribution in [-0.2, 0) is 11.2 Å². The number of piperidine rings is 1. The quantitative estimate of drug-likeness (QED) is 0.869. The van der Waals surface area contributed by atoms with Crippen LogP contribution in [0.3, 0.4) is 0 Å². The van der Waals surface area contributed by atoms with E-state index in [4.69, 9.17) is 0 Å². The highest BCUT2D eigenvalue weighted by atomic mass is 35.5. The van der Waals surface area contributed by atoms with Crippen LogP contribution in [0.15, 0.2) is 24.3 Å². The van der Waals surface area contributed by atoms with Crippen molar-refractivity contribution in [3.8, 4) is 5.75 Å². The fourth-order valence-electron chi connectivity index (χ4n) is 2.47. The molecule has 1 aromatic carbocycles. The van der Waals surface area contributed by atoms with Crippen LogP contribution in [0.4, 0.5) is 8.78 Å². The van der Waals surface area contributed by atoms with E-state index >= 15 is 0 Å². The minimum absolute atomic E-state index is 0. The molecule has 2 N–H and O–H groups in total. The van der Waals surface area contributed by atoms with Crippen molar-refractivity contribution in [1.29, 1.82) is 0 Å². The molecule has 4 nitrogen and oxygen atoms in total. The SMILES string of the molecule is CC1CCNCC1NC(=O)Cc1ccccc1OC(F)F.Cl. The van der Waals surface area contributed by atoms with E-state index in [9.17, 15) is 13.6 Å². The molecule has 7 heteroatoms. The minimum atomic E-state index is -2.89. The number of hydrogen-bond donors (Lipinski definition) is 2. The van der Waals surface area contributed by atoms with Gasteiger partial charge < -0.3 is 15.4 Å². The van der Waals surface area contributed by atoms with Gasteiger partial charge in [0.05, 0.1) is 6.42 Å². The summed E-state index contributed by atoms with van der Waals surface area (Å²) < 4.78 is 29.1. The van der Waals surface area contributed by atoms with Crippen LogP contribution in [0, 0.1) is 5.92 Å². The van der Waals surface area contributed by atoms with Crippen LogP contribution in [0.2, 0.25) is 0 Å². The van der Waals surface area contributed by atoms with Gasteiger partial charge in [-0.05, 0) is 24.9 Å². The number of hydrogen-bond acceptors (Lipinski definition) is 3. The summed E-state index contributed by atoms with van der Waals surface area (Å²) >= 11 is 0. The Balaban J connectivity index is 0.00000242. The lowest BCUT2D eigenvalue weighted by molar-refractivity contribution is -0.121. The number of benzene rings is 1. The maximum atomic E-state index is 12.3. The maximum Gasteiger partial charge on any atom is 0.387 e. The third-order valence-electron chi connectivity index (χ3n) is 3.71. The molecule has 0 spiro atoms. The first-order chi connectivity index (χ1) is 10.1. The van der Waals surface area contributed by atoms with Gasteiger partial charge in [-0.3, -0.25) is 4.79 Å². The molecule has 0 saturated carbocycles. The van der Waals surface area contributed by atoms with E-state index in [0.717, 1.165) is 19.5 Å². The fraction of sp³-hybridized carbons (Fsp3) is 0.533. The molecule has 22 heavy (non-hydrogen) atoms. The van der Waals surface area contributed by atoms with Crippen LogP contribution in [0.5, 0.6) is 5.75 Å². The van der Waals surface area contributed by atoms with Crippen molar-refractivity contribution < 1.29 is 18.3 Å². The topological polar surface area (TPSA) is 50.4 Å². The van der Waals surface area contributed by atoms with E-state index in [-0.39, 0.29) is 36.5 Å². The molecule has 1 fully saturated rings. The predicted molar refractivity (Wildman–Crippen MR) is 82.6 cm³/mol. The lowest BCUT2D eigenvalue weighted by atomic mass is 9.94. The van der Waals surface area contributed by atoms with Gasteiger partial charge in [-0.1, -0.05) is 25.1 Å². The molecule has 1 aliphatic rings. The lowest BCUT2D eigenvalue weighted by Gasteiger charge is -2.30. The lowest BCUT2D eigenvalue weighted by Crippen LogP contribution is -2.50. The molecule has 2 rings (SSSR count). The summed E-state index contributed by atoms with van der Waals surface area (Å²) in [6.07, 6.45) is 1.04. The summed E-state index contributed by atoms with van der Waals surface area (Å²) in [6, 6.07) is 6.45. The van der Waals surface area contributed by atoms with E-state index < -0.39 is 6.61 Å². The average molecular weight is 335 g/mol. The van der Waals surface area contributed by atoms with Crippen molar-refractivity contribution in [2.24, 2.45) is 5.92 Å². The molecule has 2 atom stereocenters. The summed E-state index contributed by atoms with van der Waals surface area (Å²) in [5, 5.41) is 6.19. The average Bonchev–Trinajstić information content (AvgIpc) is 2.43. The second kappa shape index (κ2) is 8.90. The van der Waals surface area contributed by atoms with E-state index in [1.807, 2.05) is 0 Å². The molecule has 2 unspecified atom stereocenters. The zero-order valence-corrected chi connectivity index (χ0v) is 13.2. The van der Waals surface area contributed by atoms with Crippen molar-refractivity contribution >= 4 is 18.3 Å². The number of carbonyl (C=O) groups excluding carboxylic acids is 1. The Morgan fingerprint density at radius 3 is 2.86 bits per heavy atom. The van der Waals surface area contributed by atoms with Gasteiger partial charge in [0.1, 0.15) is 5.75 Å². The Kier molecular flexibility index (Phi) is 7.55. The van der Waals surface area contributed by atoms with Crippen molar-refractivity contribution in [2.45, 2.75) is 32.4 Å². The molecule has 1 aliphatic heterocycles. The predicted octanol–water partition coefficient (Wildman–Crippen LogP) is 2.37. The van der Waals surface area contributed by atoms with E-state index in [2.05, 4.69) is 22.3 Å². The highest BCUT2D eigenvalue weighted by Crippen LogP contribution is 2.21. The van der Waals surface area contributed by atoms with Crippen LogP contribution in [0.25, 0.3) is 0 Å². The van der Waals surface area contributed by atoms with Gasteiger partial charge in [-0.2, -0.15) is 8.78 Å². The Bertz CT molecular complexity index is 488. The van der Waals surface area contributed by atoms with Crippen LogP contribution >= 0.6 is 12.4 Å². The van der Waals surface area contributed by atoms with Gasteiger partial charge in [0, 0.05) is 18.2 Å². The zero-order chi connectivity index (χ0) is 15.2. The zero-order valence-electron chi connectivity index (χ0n) is 12.4. The monoisotopic (exact) mass is 334 g/mol. The van der Waals surface area contributed by atoms with Gasteiger partial charge in [0.15, 0.2) is 0 Å². The number of carbonyl (C=O) groups is 1. The van der Waals surface area contributed by atoms with Gasteiger partial charge in [0.25, 0.3) is 0 Å². The number of alkyl halides is 2. The Labute approximate surface area is 135 Å². The molecule has 1 amide bonds. The Morgan fingerprint density at radius 1 is 1.45 bits per heavy atom. The second-order valence-corrected chi connectivity index (χ2v) is 5.31. The van der Waals surface area contributed by atoms with E-state index in [0.29, 0.717) is 11.5 Å². The molecule has 0 bridgehead atoms. The van der Waals surface area contributed by atoms with Crippen LogP contribution < -0.4 is 15.4 Å². The van der Waals surface area contributed by atoms with Gasteiger partial charge in [-0.15, -0.1) is 12.4 Å². The van der Waals surface area contributed by atoms with Gasteiger partial charge >= 0.3 is 6.61 Å². The molecule has 1 saturated heterocycles. The smallest absolute Gasteiger partial charge is 0.387 e. The first-order valence-corrected chi connectivity index (χ1v) is 7.09. The van der Waals surface area contributed by atoms with Gasteiger partial charge in [0.2, 0.25) is 5.91 Å². The van der Waals surface area contributed by atoms with Crippen LogP contribution in [-0.4, -0.2) is 31.7 Å². The molecular formula is C15H21ClF2N2O2. The summed E-state index contributed by atoms with van der Waals surface area (Å²) in [7, 11) is 0. The van der Waals surface area contributed by atoms with E-state index in [1.54, 1.807) is 18.2 Å². The number of nitrogens with one attached hydrogen (secondary N) is 2. The third-order valence-corrected chi connectivity index (χ3v) is 3.71. The highest BCUT2D eigenvalue weighted by Gasteiger charge is 2.23. The van der Waals surface area contributed by atoms with E-state index in [1.165, 1.54) is 6.07 Å². The first-order valence-electron chi connectivity index (χ1n) is 7.09. The van der Waals surface area contributed by atoms with Crippen LogP contribution in [0.1, 0.15) is 18.9 Å². The Morgan fingerprint density at radius 2 is 2.18 bits per heavy atom. The highest BCUT2D eigenvalue weighted by molar-refractivity contribution is 5.85. The summed E-state index contributed by atoms with van der Waals surface area (Å²) in [6.45, 7) is 0.900. The Hall–Kier alpha value is -1.40. The first kappa shape index (κ1) is 18.6. The number of amides is 1. The largest absolute Gasteiger partial charge is 0.435 e. The number of rotatable bonds is 5. The van der Waals surface area contributed by atoms with Crippen molar-refractivity contribution in [3.63, 3.8) is 0 Å². The molecular weight excluding hydrogens is 314 g/mol. The summed E-state index contributed by atoms with van der Waals surface area (Å²) in [5.74, 6) is 0.279. The number of halogens is 3. The minimum Gasteiger partial charge on any atom is -0.435 e. The molecule has 1 heterocycles. The third kappa shape index (κ3) is 5.42. The van der Waals surface area contributed by atoms with Gasteiger partial charge in [-0.25, -0.2) is 0 Å². The molecule has 0 radical (unpaired) electrons. The standard InChI is InChI=1S/C15H20F2N2O2.ClH/c1-10-6-7-18-9-12(10)19-14(20)8-11-4-2-3-5-13(11)21-15(16)17;/h2-5,10,12,15,18H,6-9H2,1H3,(H,19,20);1H. The number of para-hydroxylation sites is 1. The molecule has 0 aliphatic carbocycles. The maximum absolute atomic E-state index is 12.3. The molecule has 124 valence electrons. The number of ether oxygens (including phenoxy) is 1. The van der Waals surface area contributed by atoms with Crippen molar-refractivity contribution in [2.75, 3.05) is 13.1 Å². The molecule has 0 aromatic heterocycles. The normalized spacial score (nSPS) is 21.1. The fourth-order valence-corrected chi connectivity index (χ4v) is 2.47. The second-order valence-electron chi connectivity index (χ2n) is 5.31. The summed E-state index contributed by atoms with van der Waals surface area (Å²) in [5.41, 5.74) is 0.465. The molecule has 1 aromatic rings.